The van der Waals surface area contributed by atoms with Crippen LogP contribution in [0, 0.1) is 6.92 Å². The van der Waals surface area contributed by atoms with Gasteiger partial charge in [-0.05, 0) is 62.4 Å². The Bertz CT molecular complexity index is 801. The van der Waals surface area contributed by atoms with Gasteiger partial charge in [0.15, 0.2) is 0 Å². The average molecular weight is 378 g/mol. The predicted octanol–water partition coefficient (Wildman–Crippen LogP) is 5.45. The lowest BCUT2D eigenvalue weighted by Gasteiger charge is -2.12. The molecule has 1 radical (unpaired) electrons. The van der Waals surface area contributed by atoms with Gasteiger partial charge in [0.2, 0.25) is 0 Å². The highest BCUT2D eigenvalue weighted by Gasteiger charge is 2.11. The zero-order valence-corrected chi connectivity index (χ0v) is 16.4. The monoisotopic (exact) mass is 377 g/mol. The molecule has 0 saturated heterocycles. The number of benzene rings is 1. The van der Waals surface area contributed by atoms with Crippen molar-refractivity contribution < 1.29 is 9.15 Å². The van der Waals surface area contributed by atoms with Gasteiger partial charge in [0.1, 0.15) is 11.4 Å². The minimum absolute atomic E-state index is 0.695. The third-order valence-corrected chi connectivity index (χ3v) is 4.58. The summed E-state index contributed by atoms with van der Waals surface area (Å²) in [6, 6.07) is 16.6. The first-order valence-corrected chi connectivity index (χ1v) is 10.1. The van der Waals surface area contributed by atoms with Gasteiger partial charge in [0.05, 0.1) is 24.8 Å². The maximum absolute atomic E-state index is 6.06. The number of nitrogens with one attached hydrogen (secondary N) is 1. The van der Waals surface area contributed by atoms with Crippen molar-refractivity contribution in [3.8, 4) is 17.0 Å². The summed E-state index contributed by atoms with van der Waals surface area (Å²) in [5.74, 6) is 0.811. The van der Waals surface area contributed by atoms with Gasteiger partial charge < -0.3 is 14.5 Å². The van der Waals surface area contributed by atoms with Crippen LogP contribution in [0.5, 0.6) is 5.75 Å². The summed E-state index contributed by atoms with van der Waals surface area (Å²) >= 11 is 0. The van der Waals surface area contributed by atoms with Crippen molar-refractivity contribution in [1.82, 2.24) is 10.3 Å². The predicted molar refractivity (Wildman–Crippen MR) is 113 cm³/mol. The highest BCUT2D eigenvalue weighted by Crippen LogP contribution is 2.29. The highest BCUT2D eigenvalue weighted by molar-refractivity contribution is 5.65. The minimum atomic E-state index is 0.695. The van der Waals surface area contributed by atoms with E-state index in [9.17, 15) is 0 Å². The van der Waals surface area contributed by atoms with Crippen molar-refractivity contribution in [3.05, 3.63) is 79.2 Å². The van der Waals surface area contributed by atoms with Crippen LogP contribution in [0.15, 0.2) is 65.5 Å². The Kier molecular flexibility index (Phi) is 8.13. The van der Waals surface area contributed by atoms with E-state index < -0.39 is 0 Å². The summed E-state index contributed by atoms with van der Waals surface area (Å²) in [6.07, 6.45) is 8.72. The molecule has 1 aromatic carbocycles. The number of nitrogens with zero attached hydrogens (tertiary/aromatic N) is 1. The summed E-state index contributed by atoms with van der Waals surface area (Å²) in [5.41, 5.74) is 4.17. The number of ether oxygens (including phenoxy) is 1. The third-order valence-electron chi connectivity index (χ3n) is 4.58. The second kappa shape index (κ2) is 11.3. The van der Waals surface area contributed by atoms with Crippen LogP contribution in [0.3, 0.4) is 0 Å². The summed E-state index contributed by atoms with van der Waals surface area (Å²) < 4.78 is 11.3. The lowest BCUT2D eigenvalue weighted by atomic mass is 10.1. The second-order valence-corrected chi connectivity index (χ2v) is 6.84. The second-order valence-electron chi connectivity index (χ2n) is 6.84. The number of hydrogen-bond acceptors (Lipinski definition) is 4. The fourth-order valence-electron chi connectivity index (χ4n) is 3.08. The van der Waals surface area contributed by atoms with Crippen LogP contribution in [0.2, 0.25) is 0 Å². The maximum Gasteiger partial charge on any atom is 0.145 e. The fraction of sp³-hybridized carbons (Fsp3) is 0.333. The average Bonchev–Trinajstić information content (AvgIpc) is 3.27. The van der Waals surface area contributed by atoms with E-state index in [0.717, 1.165) is 61.5 Å². The van der Waals surface area contributed by atoms with Crippen LogP contribution in [-0.4, -0.2) is 18.1 Å². The molecule has 0 aliphatic rings. The highest BCUT2D eigenvalue weighted by atomic mass is 16.5. The third kappa shape index (κ3) is 6.24. The molecule has 0 saturated carbocycles. The maximum atomic E-state index is 6.06. The van der Waals surface area contributed by atoms with Crippen molar-refractivity contribution in [3.63, 3.8) is 0 Å². The number of aromatic nitrogens is 1. The molecule has 0 unspecified atom stereocenters. The number of furan rings is 1. The van der Waals surface area contributed by atoms with Crippen LogP contribution in [0.4, 0.5) is 0 Å². The van der Waals surface area contributed by atoms with E-state index in [1.807, 2.05) is 18.2 Å². The van der Waals surface area contributed by atoms with Gasteiger partial charge >= 0.3 is 0 Å². The van der Waals surface area contributed by atoms with Crippen molar-refractivity contribution in [2.45, 2.75) is 38.6 Å². The first-order chi connectivity index (χ1) is 13.9. The number of aryl methyl sites for hydroxylation is 1. The van der Waals surface area contributed by atoms with Gasteiger partial charge in [-0.25, -0.2) is 4.98 Å². The first-order valence-electron chi connectivity index (χ1n) is 10.1. The lowest BCUT2D eigenvalue weighted by Crippen LogP contribution is -2.15. The molecule has 1 N–H and O–H groups in total. The van der Waals surface area contributed by atoms with E-state index in [1.165, 1.54) is 12.0 Å². The lowest BCUT2D eigenvalue weighted by molar-refractivity contribution is 0.305. The van der Waals surface area contributed by atoms with Gasteiger partial charge in [0, 0.05) is 12.1 Å². The molecule has 3 rings (SSSR count). The fourth-order valence-corrected chi connectivity index (χ4v) is 3.08. The Morgan fingerprint density at radius 3 is 2.68 bits per heavy atom. The van der Waals surface area contributed by atoms with E-state index in [-0.39, 0.29) is 0 Å². The van der Waals surface area contributed by atoms with Crippen LogP contribution < -0.4 is 10.1 Å². The molecule has 4 nitrogen and oxygen atoms in total. The molecule has 0 amide bonds. The molecule has 0 spiro atoms. The first kappa shape index (κ1) is 20.2. The normalized spacial score (nSPS) is 10.9. The Labute approximate surface area is 168 Å². The smallest absolute Gasteiger partial charge is 0.145 e. The van der Waals surface area contributed by atoms with E-state index in [4.69, 9.17) is 14.1 Å². The molecule has 0 aliphatic heterocycles. The zero-order valence-electron chi connectivity index (χ0n) is 16.4. The topological polar surface area (TPSA) is 47.3 Å². The number of unbranched alkanes of at least 4 members (excludes halogenated alkanes) is 2. The molecular formula is C24H29N2O2. The minimum Gasteiger partial charge on any atom is -0.491 e. The van der Waals surface area contributed by atoms with E-state index in [0.29, 0.717) is 6.61 Å². The van der Waals surface area contributed by atoms with Gasteiger partial charge in [-0.15, -0.1) is 0 Å². The Morgan fingerprint density at radius 2 is 1.89 bits per heavy atom. The van der Waals surface area contributed by atoms with E-state index in [1.54, 1.807) is 12.5 Å². The zero-order chi connectivity index (χ0) is 19.4. The molecule has 28 heavy (non-hydrogen) atoms. The van der Waals surface area contributed by atoms with Gasteiger partial charge in [-0.1, -0.05) is 37.3 Å². The molecule has 4 heteroatoms. The molecular weight excluding hydrogens is 348 g/mol. The van der Waals surface area contributed by atoms with E-state index >= 15 is 0 Å². The summed E-state index contributed by atoms with van der Waals surface area (Å²) in [4.78, 5) is 4.77. The Morgan fingerprint density at radius 1 is 1.00 bits per heavy atom. The van der Waals surface area contributed by atoms with Crippen molar-refractivity contribution in [2.75, 3.05) is 13.2 Å². The van der Waals surface area contributed by atoms with Crippen molar-refractivity contribution in [1.29, 1.82) is 0 Å². The van der Waals surface area contributed by atoms with Gasteiger partial charge in [-0.3, -0.25) is 0 Å². The summed E-state index contributed by atoms with van der Waals surface area (Å²) in [7, 11) is 0. The Hall–Kier alpha value is -2.59. The largest absolute Gasteiger partial charge is 0.491 e. The van der Waals surface area contributed by atoms with Crippen molar-refractivity contribution >= 4 is 0 Å². The van der Waals surface area contributed by atoms with Crippen LogP contribution in [-0.2, 0) is 13.0 Å². The van der Waals surface area contributed by atoms with Crippen molar-refractivity contribution in [2.24, 2.45) is 0 Å². The Balaban J connectivity index is 1.51. The molecule has 3 aromatic rings. The summed E-state index contributed by atoms with van der Waals surface area (Å²) in [5, 5.41) is 3.33. The molecule has 2 aromatic heterocycles. The van der Waals surface area contributed by atoms with Crippen LogP contribution in [0.25, 0.3) is 11.3 Å². The van der Waals surface area contributed by atoms with Gasteiger partial charge in [0.25, 0.3) is 0 Å². The number of hydrogen-bond donors (Lipinski definition) is 1. The molecule has 0 fully saturated rings. The van der Waals surface area contributed by atoms with Crippen LogP contribution in [0.1, 0.15) is 36.9 Å². The molecule has 147 valence electrons. The summed E-state index contributed by atoms with van der Waals surface area (Å²) in [6.45, 7) is 6.14. The number of rotatable bonds is 12. The molecule has 0 atom stereocenters. The molecule has 0 aliphatic carbocycles. The van der Waals surface area contributed by atoms with Crippen LogP contribution >= 0.6 is 0 Å². The molecule has 0 bridgehead atoms. The quantitative estimate of drug-likeness (QED) is 0.427. The number of pyridine rings is 1. The SMILES string of the molecule is [CH2]CCNCc1ccc(OCCCCCc2ccccc2)c(-c2ccoc2)n1. The van der Waals surface area contributed by atoms with Gasteiger partial charge in [-0.2, -0.15) is 0 Å². The standard InChI is InChI=1S/C24H29N2O2/c1-2-15-25-18-22-12-13-23(24(26-22)21-14-17-27-19-21)28-16-8-4-7-11-20-9-5-3-6-10-20/h3,5-6,9-10,12-14,17,19,25H,1-2,4,7-8,11,15-16,18H2. The van der Waals surface area contributed by atoms with E-state index in [2.05, 4.69) is 42.6 Å². The molecule has 2 heterocycles.